The van der Waals surface area contributed by atoms with Crippen molar-refractivity contribution in [1.82, 2.24) is 0 Å². The summed E-state index contributed by atoms with van der Waals surface area (Å²) in [6.45, 7) is 14.0. The first-order valence-electron chi connectivity index (χ1n) is 13.6. The Bertz CT molecular complexity index is 1350. The molecule has 2 aliphatic carbocycles. The van der Waals surface area contributed by atoms with Crippen molar-refractivity contribution >= 4 is 0 Å². The molecule has 0 N–H and O–H groups in total. The van der Waals surface area contributed by atoms with Gasteiger partial charge >= 0.3 is 0 Å². The Hall–Kier alpha value is -3.12. The van der Waals surface area contributed by atoms with Crippen molar-refractivity contribution in [1.29, 1.82) is 0 Å². The molecular formula is C36H38. The van der Waals surface area contributed by atoms with Crippen LogP contribution >= 0.6 is 0 Å². The Kier molecular flexibility index (Phi) is 5.31. The molecule has 182 valence electrons. The van der Waals surface area contributed by atoms with Gasteiger partial charge in [-0.05, 0) is 79.3 Å². The van der Waals surface area contributed by atoms with Crippen molar-refractivity contribution in [3.63, 3.8) is 0 Å². The normalized spacial score (nSPS) is 14.9. The fourth-order valence-electron chi connectivity index (χ4n) is 6.51. The van der Waals surface area contributed by atoms with Crippen LogP contribution in [-0.2, 0) is 10.8 Å². The predicted molar refractivity (Wildman–Crippen MR) is 154 cm³/mol. The Morgan fingerprint density at radius 1 is 0.444 bits per heavy atom. The highest BCUT2D eigenvalue weighted by molar-refractivity contribution is 5.81. The molecule has 0 radical (unpaired) electrons. The molecule has 0 saturated carbocycles. The lowest BCUT2D eigenvalue weighted by Gasteiger charge is -2.24. The molecule has 0 spiro atoms. The Balaban J connectivity index is 1.43. The molecule has 0 fully saturated rings. The molecule has 0 heterocycles. The highest BCUT2D eigenvalue weighted by atomic mass is 14.4. The van der Waals surface area contributed by atoms with E-state index in [1.165, 1.54) is 55.6 Å². The Morgan fingerprint density at radius 3 is 1.22 bits per heavy atom. The molecule has 0 nitrogen and oxygen atoms in total. The van der Waals surface area contributed by atoms with E-state index in [9.17, 15) is 0 Å². The van der Waals surface area contributed by atoms with Gasteiger partial charge in [0, 0.05) is 11.8 Å². The van der Waals surface area contributed by atoms with Gasteiger partial charge in [-0.1, -0.05) is 126 Å². The SMILES string of the molecule is CC(C)(C)c1ccc2c(c1)C(CCC1c3ccccc3-c3ccccc31)c1cc(C(C)(C)C)ccc1-2. The van der Waals surface area contributed by atoms with E-state index in [4.69, 9.17) is 0 Å². The van der Waals surface area contributed by atoms with Crippen molar-refractivity contribution in [2.45, 2.75) is 77.0 Å². The molecule has 0 aromatic heterocycles. The third-order valence-corrected chi connectivity index (χ3v) is 8.58. The van der Waals surface area contributed by atoms with Crippen molar-refractivity contribution in [2.24, 2.45) is 0 Å². The van der Waals surface area contributed by atoms with E-state index < -0.39 is 0 Å². The van der Waals surface area contributed by atoms with E-state index in [-0.39, 0.29) is 10.8 Å². The van der Waals surface area contributed by atoms with E-state index in [1.54, 1.807) is 0 Å². The van der Waals surface area contributed by atoms with Crippen LogP contribution in [0, 0.1) is 0 Å². The van der Waals surface area contributed by atoms with Gasteiger partial charge in [0.1, 0.15) is 0 Å². The van der Waals surface area contributed by atoms with Gasteiger partial charge in [0.05, 0.1) is 0 Å². The van der Waals surface area contributed by atoms with Crippen LogP contribution in [0.25, 0.3) is 22.3 Å². The van der Waals surface area contributed by atoms with Gasteiger partial charge in [-0.25, -0.2) is 0 Å². The summed E-state index contributed by atoms with van der Waals surface area (Å²) in [6.07, 6.45) is 2.32. The fourth-order valence-corrected chi connectivity index (χ4v) is 6.51. The molecule has 2 aliphatic rings. The molecule has 0 aliphatic heterocycles. The van der Waals surface area contributed by atoms with E-state index >= 15 is 0 Å². The summed E-state index contributed by atoms with van der Waals surface area (Å²) in [5.74, 6) is 0.918. The van der Waals surface area contributed by atoms with Crippen LogP contribution in [-0.4, -0.2) is 0 Å². The van der Waals surface area contributed by atoms with Gasteiger partial charge in [-0.15, -0.1) is 0 Å². The molecule has 36 heavy (non-hydrogen) atoms. The van der Waals surface area contributed by atoms with E-state index in [0.29, 0.717) is 11.8 Å². The van der Waals surface area contributed by atoms with E-state index in [1.807, 2.05) is 0 Å². The van der Waals surface area contributed by atoms with Crippen LogP contribution in [0.3, 0.4) is 0 Å². The lowest BCUT2D eigenvalue weighted by atomic mass is 9.80. The van der Waals surface area contributed by atoms with Crippen LogP contribution < -0.4 is 0 Å². The van der Waals surface area contributed by atoms with Gasteiger partial charge in [-0.2, -0.15) is 0 Å². The monoisotopic (exact) mass is 470 g/mol. The highest BCUT2D eigenvalue weighted by Gasteiger charge is 2.34. The maximum absolute atomic E-state index is 2.52. The molecular weight excluding hydrogens is 432 g/mol. The maximum Gasteiger partial charge on any atom is 0.0102 e. The molecule has 0 bridgehead atoms. The summed E-state index contributed by atoms with van der Waals surface area (Å²) < 4.78 is 0. The zero-order valence-corrected chi connectivity index (χ0v) is 22.7. The number of benzene rings is 4. The summed E-state index contributed by atoms with van der Waals surface area (Å²) in [4.78, 5) is 0. The van der Waals surface area contributed by atoms with Crippen LogP contribution in [0.1, 0.15) is 99.6 Å². The Morgan fingerprint density at radius 2 is 0.806 bits per heavy atom. The Labute approximate surface area is 217 Å². The standard InChI is InChI=1S/C36H38/c1-35(2,3)23-15-17-30-31-18-16-24(36(4,5)6)22-34(31)32(33(30)21-23)20-19-29-27-13-9-7-11-25(27)26-12-8-10-14-28(26)29/h7-18,21-22,29,32H,19-20H2,1-6H3. The first-order valence-corrected chi connectivity index (χ1v) is 13.6. The van der Waals surface area contributed by atoms with Gasteiger partial charge in [0.15, 0.2) is 0 Å². The molecule has 0 saturated heterocycles. The summed E-state index contributed by atoms with van der Waals surface area (Å²) in [5, 5.41) is 0. The molecule has 6 rings (SSSR count). The summed E-state index contributed by atoms with van der Waals surface area (Å²) in [5.41, 5.74) is 15.0. The summed E-state index contributed by atoms with van der Waals surface area (Å²) in [7, 11) is 0. The van der Waals surface area contributed by atoms with Crippen molar-refractivity contribution in [2.75, 3.05) is 0 Å². The van der Waals surface area contributed by atoms with Crippen LogP contribution in [0.5, 0.6) is 0 Å². The predicted octanol–water partition coefficient (Wildman–Crippen LogP) is 9.99. The smallest absolute Gasteiger partial charge is 0.0102 e. The molecule has 0 heteroatoms. The average Bonchev–Trinajstić information content (AvgIpc) is 3.33. The first-order chi connectivity index (χ1) is 17.1. The van der Waals surface area contributed by atoms with Gasteiger partial charge in [-0.3, -0.25) is 0 Å². The molecule has 4 aromatic rings. The zero-order valence-electron chi connectivity index (χ0n) is 22.7. The largest absolute Gasteiger partial charge is 0.0619 e. The summed E-state index contributed by atoms with van der Waals surface area (Å²) in [6, 6.07) is 32.6. The van der Waals surface area contributed by atoms with Crippen LogP contribution in [0.4, 0.5) is 0 Å². The third-order valence-electron chi connectivity index (χ3n) is 8.58. The zero-order chi connectivity index (χ0) is 25.2. The molecule has 0 amide bonds. The second-order valence-electron chi connectivity index (χ2n) is 13.0. The lowest BCUT2D eigenvalue weighted by Crippen LogP contribution is -2.12. The number of fused-ring (bicyclic) bond motifs is 6. The second kappa shape index (κ2) is 8.20. The van der Waals surface area contributed by atoms with Crippen molar-refractivity contribution in [3.05, 3.63) is 118 Å². The van der Waals surface area contributed by atoms with Crippen molar-refractivity contribution in [3.8, 4) is 22.3 Å². The quantitative estimate of drug-likeness (QED) is 0.279. The van der Waals surface area contributed by atoms with Gasteiger partial charge < -0.3 is 0 Å². The molecule has 0 unspecified atom stereocenters. The molecule has 0 atom stereocenters. The maximum atomic E-state index is 2.52. The van der Waals surface area contributed by atoms with Crippen LogP contribution in [0.15, 0.2) is 84.9 Å². The topological polar surface area (TPSA) is 0 Å². The average molecular weight is 471 g/mol. The fraction of sp³-hybridized carbons (Fsp3) is 0.333. The van der Waals surface area contributed by atoms with Crippen molar-refractivity contribution < 1.29 is 0 Å². The number of rotatable bonds is 3. The minimum Gasteiger partial charge on any atom is -0.0619 e. The first kappa shape index (κ1) is 23.3. The van der Waals surface area contributed by atoms with Gasteiger partial charge in [0.25, 0.3) is 0 Å². The second-order valence-corrected chi connectivity index (χ2v) is 13.0. The lowest BCUT2D eigenvalue weighted by molar-refractivity contribution is 0.582. The van der Waals surface area contributed by atoms with E-state index in [0.717, 1.165) is 12.8 Å². The third kappa shape index (κ3) is 3.74. The number of hydrogen-bond donors (Lipinski definition) is 0. The van der Waals surface area contributed by atoms with Crippen LogP contribution in [0.2, 0.25) is 0 Å². The minimum absolute atomic E-state index is 0.147. The van der Waals surface area contributed by atoms with E-state index in [2.05, 4.69) is 126 Å². The highest BCUT2D eigenvalue weighted by Crippen LogP contribution is 2.52. The molecule has 4 aromatic carbocycles. The minimum atomic E-state index is 0.147. The number of hydrogen-bond acceptors (Lipinski definition) is 0. The summed E-state index contributed by atoms with van der Waals surface area (Å²) >= 11 is 0. The van der Waals surface area contributed by atoms with Gasteiger partial charge in [0.2, 0.25) is 0 Å².